The van der Waals surface area contributed by atoms with Crippen molar-refractivity contribution >= 4 is 11.6 Å². The molecule has 24 heavy (non-hydrogen) atoms. The summed E-state index contributed by atoms with van der Waals surface area (Å²) in [6, 6.07) is 13.9. The van der Waals surface area contributed by atoms with Crippen LogP contribution in [0.3, 0.4) is 0 Å². The van der Waals surface area contributed by atoms with E-state index in [-0.39, 0.29) is 6.04 Å². The summed E-state index contributed by atoms with van der Waals surface area (Å²) in [6.07, 6.45) is 1.57. The van der Waals surface area contributed by atoms with Gasteiger partial charge in [0.15, 0.2) is 0 Å². The van der Waals surface area contributed by atoms with E-state index in [1.807, 2.05) is 30.3 Å². The van der Waals surface area contributed by atoms with Gasteiger partial charge in [-0.3, -0.25) is 0 Å². The van der Waals surface area contributed by atoms with Crippen molar-refractivity contribution in [3.05, 3.63) is 64.9 Å². The van der Waals surface area contributed by atoms with Gasteiger partial charge in [0.05, 0.1) is 12.8 Å². The van der Waals surface area contributed by atoms with Crippen LogP contribution in [0.1, 0.15) is 24.1 Å². The van der Waals surface area contributed by atoms with Crippen molar-refractivity contribution in [2.45, 2.75) is 19.5 Å². The fourth-order valence-corrected chi connectivity index (χ4v) is 2.66. The van der Waals surface area contributed by atoms with Crippen molar-refractivity contribution in [2.24, 2.45) is 0 Å². The first-order valence-corrected chi connectivity index (χ1v) is 7.94. The Morgan fingerprint density at radius 3 is 2.67 bits per heavy atom. The molecule has 1 aromatic heterocycles. The molecule has 3 rings (SSSR count). The number of halogens is 1. The minimum Gasteiger partial charge on any atom is -0.496 e. The van der Waals surface area contributed by atoms with E-state index in [1.54, 1.807) is 18.1 Å². The van der Waals surface area contributed by atoms with E-state index in [2.05, 4.69) is 39.9 Å². The number of methoxy groups -OCH3 is 1. The summed E-state index contributed by atoms with van der Waals surface area (Å²) in [5.74, 6) is 0.827. The van der Waals surface area contributed by atoms with Crippen molar-refractivity contribution in [3.8, 4) is 11.4 Å². The third-order valence-corrected chi connectivity index (χ3v) is 4.08. The van der Waals surface area contributed by atoms with Gasteiger partial charge < -0.3 is 10.1 Å². The minimum atomic E-state index is 0.177. The summed E-state index contributed by atoms with van der Waals surface area (Å²) in [7, 11) is 1.66. The van der Waals surface area contributed by atoms with Crippen LogP contribution in [0.15, 0.2) is 48.8 Å². The van der Waals surface area contributed by atoms with Crippen molar-refractivity contribution in [1.29, 1.82) is 0 Å². The van der Waals surface area contributed by atoms with Crippen LogP contribution in [0.25, 0.3) is 5.69 Å². The maximum Gasteiger partial charge on any atom is 0.143 e. The molecule has 0 amide bonds. The van der Waals surface area contributed by atoms with Crippen molar-refractivity contribution in [3.63, 3.8) is 0 Å². The second kappa shape index (κ2) is 7.42. The van der Waals surface area contributed by atoms with Gasteiger partial charge in [-0.2, -0.15) is 0 Å². The molecule has 124 valence electrons. The number of aromatic nitrogens is 4. The minimum absolute atomic E-state index is 0.177. The van der Waals surface area contributed by atoms with Gasteiger partial charge in [-0.25, -0.2) is 4.68 Å². The molecule has 0 aliphatic heterocycles. The van der Waals surface area contributed by atoms with Crippen molar-refractivity contribution in [1.82, 2.24) is 25.5 Å². The van der Waals surface area contributed by atoms with Crippen LogP contribution in [0.4, 0.5) is 0 Å². The molecule has 3 aromatic rings. The molecule has 0 saturated carbocycles. The van der Waals surface area contributed by atoms with Crippen molar-refractivity contribution in [2.75, 3.05) is 7.11 Å². The number of rotatable bonds is 6. The zero-order valence-corrected chi connectivity index (χ0v) is 14.2. The molecule has 0 radical (unpaired) electrons. The van der Waals surface area contributed by atoms with Gasteiger partial charge in [0.1, 0.15) is 12.1 Å². The lowest BCUT2D eigenvalue weighted by molar-refractivity contribution is 0.406. The highest BCUT2D eigenvalue weighted by molar-refractivity contribution is 6.30. The van der Waals surface area contributed by atoms with Gasteiger partial charge in [0.2, 0.25) is 0 Å². The van der Waals surface area contributed by atoms with Crippen LogP contribution in [-0.4, -0.2) is 27.3 Å². The Bertz CT molecular complexity index is 789. The molecule has 0 fully saturated rings. The van der Waals surface area contributed by atoms with E-state index < -0.39 is 0 Å². The Kier molecular flexibility index (Phi) is 5.08. The average Bonchev–Trinajstić information content (AvgIpc) is 3.14. The van der Waals surface area contributed by atoms with Gasteiger partial charge in [0, 0.05) is 23.2 Å². The predicted molar refractivity (Wildman–Crippen MR) is 92.4 cm³/mol. The van der Waals surface area contributed by atoms with Crippen molar-refractivity contribution < 1.29 is 4.74 Å². The van der Waals surface area contributed by atoms with Crippen LogP contribution < -0.4 is 10.1 Å². The van der Waals surface area contributed by atoms with Crippen LogP contribution in [0, 0.1) is 0 Å². The van der Waals surface area contributed by atoms with Gasteiger partial charge in [-0.1, -0.05) is 23.7 Å². The predicted octanol–water partition coefficient (Wildman–Crippen LogP) is 3.18. The highest BCUT2D eigenvalue weighted by Gasteiger charge is 2.09. The molecule has 2 aromatic carbocycles. The average molecular weight is 344 g/mol. The number of hydrogen-bond acceptors (Lipinski definition) is 5. The monoisotopic (exact) mass is 343 g/mol. The number of nitrogens with one attached hydrogen (secondary N) is 1. The third-order valence-electron chi connectivity index (χ3n) is 3.85. The Morgan fingerprint density at radius 2 is 2.00 bits per heavy atom. The van der Waals surface area contributed by atoms with E-state index in [1.165, 1.54) is 5.56 Å². The highest BCUT2D eigenvalue weighted by atomic mass is 35.5. The molecule has 0 saturated heterocycles. The van der Waals surface area contributed by atoms with Crippen LogP contribution >= 0.6 is 11.6 Å². The van der Waals surface area contributed by atoms with E-state index >= 15 is 0 Å². The summed E-state index contributed by atoms with van der Waals surface area (Å²) in [5, 5.41) is 15.3. The Balaban J connectivity index is 1.67. The summed E-state index contributed by atoms with van der Waals surface area (Å²) in [4.78, 5) is 0. The summed E-state index contributed by atoms with van der Waals surface area (Å²) in [5.41, 5.74) is 3.13. The first-order valence-electron chi connectivity index (χ1n) is 7.56. The Labute approximate surface area is 145 Å². The quantitative estimate of drug-likeness (QED) is 0.744. The first kappa shape index (κ1) is 16.4. The molecule has 1 unspecified atom stereocenters. The zero-order chi connectivity index (χ0) is 16.9. The number of tetrazole rings is 1. The second-order valence-electron chi connectivity index (χ2n) is 5.40. The zero-order valence-electron chi connectivity index (χ0n) is 13.5. The van der Waals surface area contributed by atoms with Gasteiger partial charge in [-0.05, 0) is 53.2 Å². The number of ether oxygens (including phenoxy) is 1. The lowest BCUT2D eigenvalue weighted by Gasteiger charge is -2.16. The SMILES string of the molecule is COc1ccc(Cl)cc1CNC(C)c1ccc(-n2cnnn2)cc1. The number of nitrogens with zero attached hydrogens (tertiary/aromatic N) is 4. The molecule has 1 N–H and O–H groups in total. The smallest absolute Gasteiger partial charge is 0.143 e. The molecule has 1 atom stereocenters. The Morgan fingerprint density at radius 1 is 1.21 bits per heavy atom. The summed E-state index contributed by atoms with van der Waals surface area (Å²) >= 11 is 6.07. The van der Waals surface area contributed by atoms with E-state index in [9.17, 15) is 0 Å². The van der Waals surface area contributed by atoms with Crippen LogP contribution in [0.2, 0.25) is 5.02 Å². The van der Waals surface area contributed by atoms with Gasteiger partial charge in [-0.15, -0.1) is 5.10 Å². The summed E-state index contributed by atoms with van der Waals surface area (Å²) in [6.45, 7) is 2.78. The lowest BCUT2D eigenvalue weighted by atomic mass is 10.1. The highest BCUT2D eigenvalue weighted by Crippen LogP contribution is 2.23. The molecule has 7 heteroatoms. The van der Waals surface area contributed by atoms with E-state index in [4.69, 9.17) is 16.3 Å². The molecule has 0 bridgehead atoms. The normalized spacial score (nSPS) is 12.1. The van der Waals surface area contributed by atoms with E-state index in [0.29, 0.717) is 11.6 Å². The molecular weight excluding hydrogens is 326 g/mol. The number of benzene rings is 2. The fourth-order valence-electron chi connectivity index (χ4n) is 2.46. The lowest BCUT2D eigenvalue weighted by Crippen LogP contribution is -2.18. The summed E-state index contributed by atoms with van der Waals surface area (Å²) < 4.78 is 7.00. The molecular formula is C17H18ClN5O. The Hall–Kier alpha value is -2.44. The molecule has 0 spiro atoms. The van der Waals surface area contributed by atoms with Crippen LogP contribution in [-0.2, 0) is 6.54 Å². The molecule has 0 aliphatic carbocycles. The van der Waals surface area contributed by atoms with E-state index in [0.717, 1.165) is 17.0 Å². The molecule has 0 aliphatic rings. The second-order valence-corrected chi connectivity index (χ2v) is 5.84. The van der Waals surface area contributed by atoms with Crippen LogP contribution in [0.5, 0.6) is 5.75 Å². The fraction of sp³-hybridized carbons (Fsp3) is 0.235. The van der Waals surface area contributed by atoms with Gasteiger partial charge in [0.25, 0.3) is 0 Å². The standard InChI is InChI=1S/C17H18ClN5O/c1-12(19-10-14-9-15(18)5-8-17(14)24-2)13-3-6-16(7-4-13)23-11-20-21-22-23/h3-9,11-12,19H,10H2,1-2H3. The molecule has 1 heterocycles. The topological polar surface area (TPSA) is 64.9 Å². The third kappa shape index (κ3) is 3.72. The largest absolute Gasteiger partial charge is 0.496 e. The van der Waals surface area contributed by atoms with Gasteiger partial charge >= 0.3 is 0 Å². The number of hydrogen-bond donors (Lipinski definition) is 1. The first-order chi connectivity index (χ1) is 11.7. The maximum absolute atomic E-state index is 6.07. The maximum atomic E-state index is 6.07. The molecule has 6 nitrogen and oxygen atoms in total.